The highest BCUT2D eigenvalue weighted by atomic mass is 16.6. The number of nitrogens with two attached hydrogens (primary N) is 5. The molecule has 75 heavy (non-hydrogen) atoms. The molecule has 0 bridgehead atoms. The molecule has 1 aromatic rings. The number of hydrogen-bond acceptors (Lipinski definition) is 18. The standard InChI is InChI=1S/C47H76N14O14/c1-7-27-39(67)57-29(16-17-48)40(68)58-30(19-24(2)3)42(70)56-28(9-8-18-53-46(51)52)41(69)60-37(32(63)21-50)45(73)61-36(31(62)20-49)43(71)54-22-33(64)38(44(72)55-27)59-34(65)23-74-26-13-10-25(11-14-26)12-15-35(66)75-47(4,5)6/h7,10-15,24,28-33,36-38,62-64H,8-9,16-23,48-50H2,1-6H3,(H,54,71)(H,55,72)(H,56,70)(H,57,67)(H,58,68)(H,59,65)(H,60,69)(H,61,73)(H4,51,52,53)/b15-12+,27-7-/t28-,29-,30-,31?,32?,33?,36?,37?,38?/m0/s1. The number of aliphatic hydroxyl groups is 3. The molecule has 0 aliphatic carbocycles. The Hall–Kier alpha value is -7.24. The van der Waals surface area contributed by atoms with Gasteiger partial charge in [-0.05, 0) is 89.6 Å². The molecule has 1 aliphatic heterocycles. The average molecular weight is 1060 g/mol. The number of hydrogen-bond donors (Lipinski definition) is 16. The number of carbonyl (C=O) groups is 9. The molecule has 2 rings (SSSR count). The summed E-state index contributed by atoms with van der Waals surface area (Å²) in [7, 11) is 0. The minimum Gasteiger partial charge on any atom is -0.484 e. The highest BCUT2D eigenvalue weighted by molar-refractivity contribution is 6.02. The summed E-state index contributed by atoms with van der Waals surface area (Å²) in [6.45, 7) is 6.88. The Bertz CT molecular complexity index is 2220. The number of aliphatic imine (C=N–C) groups is 1. The highest BCUT2D eigenvalue weighted by Crippen LogP contribution is 2.15. The third-order valence-corrected chi connectivity index (χ3v) is 10.7. The van der Waals surface area contributed by atoms with Crippen molar-refractivity contribution in [2.45, 2.75) is 127 Å². The fourth-order valence-electron chi connectivity index (χ4n) is 6.91. The van der Waals surface area contributed by atoms with Crippen molar-refractivity contribution in [3.8, 4) is 5.75 Å². The summed E-state index contributed by atoms with van der Waals surface area (Å²) in [5.41, 5.74) is 27.5. The van der Waals surface area contributed by atoms with Crippen molar-refractivity contribution in [3.05, 3.63) is 47.7 Å². The first-order valence-electron chi connectivity index (χ1n) is 24.1. The average Bonchev–Trinajstić information content (AvgIpc) is 3.34. The number of ether oxygens (including phenoxy) is 2. The summed E-state index contributed by atoms with van der Waals surface area (Å²) in [5.74, 6) is -9.53. The van der Waals surface area contributed by atoms with Gasteiger partial charge >= 0.3 is 5.97 Å². The number of esters is 1. The molecule has 0 radical (unpaired) electrons. The van der Waals surface area contributed by atoms with Crippen molar-refractivity contribution >= 4 is 65.3 Å². The van der Waals surface area contributed by atoms with E-state index in [9.17, 15) is 58.5 Å². The number of carbonyl (C=O) groups excluding carboxylic acids is 9. The van der Waals surface area contributed by atoms with Gasteiger partial charge in [-0.15, -0.1) is 0 Å². The lowest BCUT2D eigenvalue weighted by atomic mass is 10.0. The highest BCUT2D eigenvalue weighted by Gasteiger charge is 2.38. The second-order valence-electron chi connectivity index (χ2n) is 18.7. The zero-order valence-electron chi connectivity index (χ0n) is 43.1. The third kappa shape index (κ3) is 22.8. The van der Waals surface area contributed by atoms with Crippen molar-refractivity contribution in [1.82, 2.24) is 42.5 Å². The van der Waals surface area contributed by atoms with Crippen LogP contribution in [0, 0.1) is 5.92 Å². The van der Waals surface area contributed by atoms with Crippen LogP contribution in [0.3, 0.4) is 0 Å². The van der Waals surface area contributed by atoms with E-state index in [1.54, 1.807) is 46.8 Å². The molecule has 0 spiro atoms. The van der Waals surface area contributed by atoms with E-state index in [0.29, 0.717) is 5.56 Å². The zero-order valence-corrected chi connectivity index (χ0v) is 43.1. The van der Waals surface area contributed by atoms with Crippen LogP contribution >= 0.6 is 0 Å². The van der Waals surface area contributed by atoms with Gasteiger partial charge in [0, 0.05) is 32.3 Å². The summed E-state index contributed by atoms with van der Waals surface area (Å²) < 4.78 is 10.8. The number of nitrogens with zero attached hydrogens (tertiary/aromatic N) is 1. The van der Waals surface area contributed by atoms with Crippen molar-refractivity contribution in [3.63, 3.8) is 0 Å². The van der Waals surface area contributed by atoms with Crippen LogP contribution in [0.5, 0.6) is 5.75 Å². The van der Waals surface area contributed by atoms with Crippen LogP contribution in [0.25, 0.3) is 6.08 Å². The molecule has 0 aromatic heterocycles. The fraction of sp³-hybridized carbons (Fsp3) is 0.574. The van der Waals surface area contributed by atoms with Crippen molar-refractivity contribution in [1.29, 1.82) is 0 Å². The Morgan fingerprint density at radius 3 is 1.92 bits per heavy atom. The van der Waals surface area contributed by atoms with Gasteiger partial charge in [-0.1, -0.05) is 32.1 Å². The topological polar surface area (TPSA) is 471 Å². The van der Waals surface area contributed by atoms with Crippen molar-refractivity contribution in [2.75, 3.05) is 39.3 Å². The minimum absolute atomic E-state index is 0.00898. The maximum atomic E-state index is 14.0. The molecular formula is C47H76N14O14. The Balaban J connectivity index is 2.64. The SMILES string of the molecule is C/C=C1\NC(=O)C(NC(=O)COc2ccc(/C=C/C(=O)OC(C)(C)C)cc2)C(O)CNC(=O)C(C(O)CN)NC(=O)C(C(O)CN)NC(=O)[C@H](CCCN=C(N)N)NC(=O)[C@H](CC(C)C)NC(=O)[C@H](CCN)NC1=O. The molecule has 1 heterocycles. The molecule has 21 N–H and O–H groups in total. The lowest BCUT2D eigenvalue weighted by molar-refractivity contribution is -0.148. The van der Waals surface area contributed by atoms with E-state index in [2.05, 4.69) is 47.5 Å². The molecule has 1 aliphatic rings. The molecule has 28 heteroatoms. The van der Waals surface area contributed by atoms with Crippen LogP contribution < -0.4 is 75.9 Å². The summed E-state index contributed by atoms with van der Waals surface area (Å²) in [6.07, 6.45) is -2.17. The molecule has 8 amide bonds. The Morgan fingerprint density at radius 1 is 0.800 bits per heavy atom. The summed E-state index contributed by atoms with van der Waals surface area (Å²) in [5, 5.41) is 52.2. The van der Waals surface area contributed by atoms with E-state index in [0.717, 1.165) is 6.08 Å². The first-order chi connectivity index (χ1) is 35.2. The van der Waals surface area contributed by atoms with Gasteiger partial charge in [-0.25, -0.2) is 4.79 Å². The van der Waals surface area contributed by atoms with E-state index in [4.69, 9.17) is 38.1 Å². The maximum absolute atomic E-state index is 14.0. The van der Waals surface area contributed by atoms with Gasteiger partial charge in [-0.2, -0.15) is 0 Å². The molecule has 418 valence electrons. The second kappa shape index (κ2) is 31.5. The predicted octanol–water partition coefficient (Wildman–Crippen LogP) is -6.07. The molecule has 9 atom stereocenters. The first-order valence-corrected chi connectivity index (χ1v) is 24.1. The Kier molecular flexibility index (Phi) is 26.8. The third-order valence-electron chi connectivity index (χ3n) is 10.7. The van der Waals surface area contributed by atoms with Crippen molar-refractivity contribution in [2.24, 2.45) is 39.6 Å². The van der Waals surface area contributed by atoms with Gasteiger partial charge in [0.2, 0.25) is 35.4 Å². The van der Waals surface area contributed by atoms with Crippen molar-refractivity contribution < 1.29 is 67.9 Å². The minimum atomic E-state index is -2.04. The summed E-state index contributed by atoms with van der Waals surface area (Å²) in [6, 6.07) is -4.11. The van der Waals surface area contributed by atoms with Gasteiger partial charge < -0.3 is 96.0 Å². The van der Waals surface area contributed by atoms with Crippen LogP contribution in [-0.4, -0.2) is 174 Å². The number of amides is 8. The number of guanidine groups is 1. The monoisotopic (exact) mass is 1060 g/mol. The first kappa shape index (κ1) is 63.9. The maximum Gasteiger partial charge on any atom is 0.331 e. The molecule has 0 saturated carbocycles. The number of allylic oxidation sites excluding steroid dienone is 1. The smallest absolute Gasteiger partial charge is 0.331 e. The largest absolute Gasteiger partial charge is 0.484 e. The zero-order chi connectivity index (χ0) is 56.6. The van der Waals surface area contributed by atoms with E-state index in [1.807, 2.05) is 0 Å². The van der Waals surface area contributed by atoms with E-state index >= 15 is 0 Å². The molecular weight excluding hydrogens is 985 g/mol. The number of nitrogens with one attached hydrogen (secondary N) is 8. The van der Waals surface area contributed by atoms with Gasteiger partial charge in [0.25, 0.3) is 11.8 Å². The van der Waals surface area contributed by atoms with Gasteiger partial charge in [0.15, 0.2) is 12.6 Å². The van der Waals surface area contributed by atoms with Crippen LogP contribution in [-0.2, 0) is 47.9 Å². The van der Waals surface area contributed by atoms with Gasteiger partial charge in [0.1, 0.15) is 59.4 Å². The van der Waals surface area contributed by atoms with Crippen LogP contribution in [0.4, 0.5) is 0 Å². The lowest BCUT2D eigenvalue weighted by Gasteiger charge is -2.30. The Morgan fingerprint density at radius 2 is 1.36 bits per heavy atom. The summed E-state index contributed by atoms with van der Waals surface area (Å²) in [4.78, 5) is 127. The number of benzene rings is 1. The normalized spacial score (nSPS) is 23.6. The quantitative estimate of drug-likeness (QED) is 0.0214. The molecule has 1 saturated heterocycles. The number of β-amino-alcohol motifs (C(OH)–C–C–N with tert-alkyl or cyclic N) is 1. The van der Waals surface area contributed by atoms with E-state index in [-0.39, 0.29) is 56.4 Å². The molecule has 1 fully saturated rings. The number of aliphatic hydroxyl groups excluding tert-OH is 3. The molecule has 6 unspecified atom stereocenters. The molecule has 1 aromatic carbocycles. The van der Waals surface area contributed by atoms with E-state index < -0.39 is 145 Å². The van der Waals surface area contributed by atoms with E-state index in [1.165, 1.54) is 31.2 Å². The predicted molar refractivity (Wildman–Crippen MR) is 272 cm³/mol. The van der Waals surface area contributed by atoms with Crippen LogP contribution in [0.1, 0.15) is 72.8 Å². The fourth-order valence-corrected chi connectivity index (χ4v) is 6.91. The Labute approximate surface area is 434 Å². The van der Waals surface area contributed by atoms with Gasteiger partial charge in [-0.3, -0.25) is 43.3 Å². The van der Waals surface area contributed by atoms with Gasteiger partial charge in [0.05, 0.1) is 12.2 Å². The molecule has 28 nitrogen and oxygen atoms in total. The summed E-state index contributed by atoms with van der Waals surface area (Å²) >= 11 is 0. The second-order valence-corrected chi connectivity index (χ2v) is 18.7. The van der Waals surface area contributed by atoms with Crippen LogP contribution in [0.15, 0.2) is 47.1 Å². The lowest BCUT2D eigenvalue weighted by Crippen LogP contribution is -2.64. The number of rotatable bonds is 18. The van der Waals surface area contributed by atoms with Crippen LogP contribution in [0.2, 0.25) is 0 Å².